The lowest BCUT2D eigenvalue weighted by molar-refractivity contribution is -0.116. The molecule has 24 heavy (non-hydrogen) atoms. The molecule has 2 rings (SSSR count). The predicted octanol–water partition coefficient (Wildman–Crippen LogP) is 2.88. The highest BCUT2D eigenvalue weighted by molar-refractivity contribution is 5.95. The van der Waals surface area contributed by atoms with E-state index in [-0.39, 0.29) is 24.8 Å². The number of furan rings is 1. The molecule has 2 amide bonds. The molecule has 0 radical (unpaired) electrons. The van der Waals surface area contributed by atoms with Crippen molar-refractivity contribution < 1.29 is 14.0 Å². The Balaban J connectivity index is 1.77. The molecule has 1 aromatic heterocycles. The van der Waals surface area contributed by atoms with E-state index in [2.05, 4.69) is 29.4 Å². The Morgan fingerprint density at radius 2 is 1.79 bits per heavy atom. The van der Waals surface area contributed by atoms with Crippen molar-refractivity contribution in [3.05, 3.63) is 48.4 Å². The Labute approximate surface area is 141 Å². The lowest BCUT2D eigenvalue weighted by atomic mass is 10.2. The molecule has 0 unspecified atom stereocenters. The van der Waals surface area contributed by atoms with E-state index in [1.807, 2.05) is 24.3 Å². The molecule has 1 aromatic carbocycles. The van der Waals surface area contributed by atoms with Gasteiger partial charge >= 0.3 is 0 Å². The van der Waals surface area contributed by atoms with Crippen LogP contribution in [0.1, 0.15) is 30.6 Å². The minimum absolute atomic E-state index is 0.141. The van der Waals surface area contributed by atoms with Crippen LogP contribution in [0, 0.1) is 0 Å². The smallest absolute Gasteiger partial charge is 0.254 e. The number of anilines is 2. The van der Waals surface area contributed by atoms with Crippen molar-refractivity contribution in [3.8, 4) is 0 Å². The molecule has 6 nitrogen and oxygen atoms in total. The molecule has 0 spiro atoms. The second-order valence-electron chi connectivity index (χ2n) is 5.29. The van der Waals surface area contributed by atoms with Gasteiger partial charge in [-0.2, -0.15) is 0 Å². The van der Waals surface area contributed by atoms with Crippen LogP contribution in [0.4, 0.5) is 11.4 Å². The van der Waals surface area contributed by atoms with Crippen LogP contribution in [0.2, 0.25) is 0 Å². The molecule has 0 atom stereocenters. The predicted molar refractivity (Wildman–Crippen MR) is 94.3 cm³/mol. The lowest BCUT2D eigenvalue weighted by Crippen LogP contribution is -2.27. The van der Waals surface area contributed by atoms with Crippen LogP contribution in [-0.4, -0.2) is 31.4 Å². The lowest BCUT2D eigenvalue weighted by Gasteiger charge is -2.21. The summed E-state index contributed by atoms with van der Waals surface area (Å²) in [5.74, 6) is -0.391. The van der Waals surface area contributed by atoms with E-state index in [4.69, 9.17) is 4.42 Å². The van der Waals surface area contributed by atoms with E-state index in [0.717, 1.165) is 24.5 Å². The molecule has 128 valence electrons. The maximum absolute atomic E-state index is 11.9. The van der Waals surface area contributed by atoms with Crippen LogP contribution in [0.25, 0.3) is 0 Å². The molecule has 0 aliphatic rings. The van der Waals surface area contributed by atoms with Gasteiger partial charge in [0.25, 0.3) is 5.91 Å². The van der Waals surface area contributed by atoms with Gasteiger partial charge in [0.05, 0.1) is 11.8 Å². The fourth-order valence-corrected chi connectivity index (χ4v) is 2.35. The van der Waals surface area contributed by atoms with Gasteiger partial charge in [-0.1, -0.05) is 0 Å². The standard InChI is InChI=1S/C18H23N3O3/c1-3-21(4-2)16-7-5-15(6-8-16)20-17(22)9-11-19-18(23)14-10-12-24-13-14/h5-8,10,12-13H,3-4,9,11H2,1-2H3,(H,19,23)(H,20,22). The first-order valence-corrected chi connectivity index (χ1v) is 8.09. The largest absolute Gasteiger partial charge is 0.472 e. The highest BCUT2D eigenvalue weighted by Crippen LogP contribution is 2.17. The SMILES string of the molecule is CCN(CC)c1ccc(NC(=O)CCNC(=O)c2ccoc2)cc1. The normalized spacial score (nSPS) is 10.2. The quantitative estimate of drug-likeness (QED) is 0.781. The minimum atomic E-state index is -0.250. The van der Waals surface area contributed by atoms with E-state index in [1.165, 1.54) is 12.5 Å². The third-order valence-corrected chi connectivity index (χ3v) is 3.70. The number of benzene rings is 1. The summed E-state index contributed by atoms with van der Waals surface area (Å²) in [6.45, 7) is 6.37. The van der Waals surface area contributed by atoms with Gasteiger partial charge in [-0.25, -0.2) is 0 Å². The Bertz CT molecular complexity index is 647. The Hall–Kier alpha value is -2.76. The molecule has 0 bridgehead atoms. The molecule has 0 saturated carbocycles. The zero-order valence-electron chi connectivity index (χ0n) is 14.0. The van der Waals surface area contributed by atoms with E-state index < -0.39 is 0 Å². The van der Waals surface area contributed by atoms with Crippen molar-refractivity contribution in [2.24, 2.45) is 0 Å². The summed E-state index contributed by atoms with van der Waals surface area (Å²) in [5, 5.41) is 5.50. The molecule has 0 saturated heterocycles. The van der Waals surface area contributed by atoms with Crippen molar-refractivity contribution in [2.45, 2.75) is 20.3 Å². The summed E-state index contributed by atoms with van der Waals surface area (Å²) in [6, 6.07) is 9.32. The third kappa shape index (κ3) is 4.87. The number of nitrogens with one attached hydrogen (secondary N) is 2. The number of carbonyl (C=O) groups is 2. The van der Waals surface area contributed by atoms with Crippen molar-refractivity contribution in [3.63, 3.8) is 0 Å². The summed E-state index contributed by atoms with van der Waals surface area (Å²) in [6.07, 6.45) is 3.01. The average Bonchev–Trinajstić information content (AvgIpc) is 3.12. The zero-order valence-corrected chi connectivity index (χ0v) is 14.0. The van der Waals surface area contributed by atoms with E-state index >= 15 is 0 Å². The van der Waals surface area contributed by atoms with Crippen molar-refractivity contribution in [2.75, 3.05) is 29.9 Å². The number of rotatable bonds is 8. The van der Waals surface area contributed by atoms with Gasteiger partial charge in [0.2, 0.25) is 5.91 Å². The molecular formula is C18H23N3O3. The zero-order chi connectivity index (χ0) is 17.4. The Kier molecular flexibility index (Phi) is 6.42. The first kappa shape index (κ1) is 17.6. The topological polar surface area (TPSA) is 74.6 Å². The van der Waals surface area contributed by atoms with Crippen LogP contribution in [-0.2, 0) is 4.79 Å². The first-order chi connectivity index (χ1) is 11.6. The molecule has 2 N–H and O–H groups in total. The van der Waals surface area contributed by atoms with Crippen molar-refractivity contribution in [1.82, 2.24) is 5.32 Å². The first-order valence-electron chi connectivity index (χ1n) is 8.09. The van der Waals surface area contributed by atoms with Crippen LogP contribution >= 0.6 is 0 Å². The third-order valence-electron chi connectivity index (χ3n) is 3.70. The number of nitrogens with zero attached hydrogens (tertiary/aromatic N) is 1. The number of amides is 2. The highest BCUT2D eigenvalue weighted by atomic mass is 16.3. The fraction of sp³-hybridized carbons (Fsp3) is 0.333. The summed E-state index contributed by atoms with van der Waals surface area (Å²) in [5.41, 5.74) is 2.32. The van der Waals surface area contributed by atoms with Gasteiger partial charge in [0, 0.05) is 37.4 Å². The van der Waals surface area contributed by atoms with Gasteiger partial charge < -0.3 is 20.0 Å². The molecule has 0 aliphatic heterocycles. The summed E-state index contributed by atoms with van der Waals surface area (Å²) in [4.78, 5) is 25.8. The molecule has 6 heteroatoms. The van der Waals surface area contributed by atoms with Crippen LogP contribution < -0.4 is 15.5 Å². The minimum Gasteiger partial charge on any atom is -0.472 e. The molecule has 0 aliphatic carbocycles. The van der Waals surface area contributed by atoms with E-state index in [9.17, 15) is 9.59 Å². The number of carbonyl (C=O) groups excluding carboxylic acids is 2. The van der Waals surface area contributed by atoms with E-state index in [0.29, 0.717) is 5.56 Å². The molecule has 0 fully saturated rings. The van der Waals surface area contributed by atoms with Gasteiger partial charge in [-0.05, 0) is 44.2 Å². The van der Waals surface area contributed by atoms with Crippen LogP contribution in [0.3, 0.4) is 0 Å². The van der Waals surface area contributed by atoms with Crippen LogP contribution in [0.5, 0.6) is 0 Å². The van der Waals surface area contributed by atoms with Gasteiger partial charge in [-0.3, -0.25) is 9.59 Å². The number of hydrogen-bond acceptors (Lipinski definition) is 4. The van der Waals surface area contributed by atoms with Gasteiger partial charge in [-0.15, -0.1) is 0 Å². The van der Waals surface area contributed by atoms with Crippen molar-refractivity contribution in [1.29, 1.82) is 0 Å². The highest BCUT2D eigenvalue weighted by Gasteiger charge is 2.08. The second kappa shape index (κ2) is 8.76. The average molecular weight is 329 g/mol. The summed E-state index contributed by atoms with van der Waals surface area (Å²) < 4.78 is 4.84. The Morgan fingerprint density at radius 3 is 2.38 bits per heavy atom. The monoisotopic (exact) mass is 329 g/mol. The fourth-order valence-electron chi connectivity index (χ4n) is 2.35. The van der Waals surface area contributed by atoms with E-state index in [1.54, 1.807) is 6.07 Å². The maximum Gasteiger partial charge on any atom is 0.254 e. The summed E-state index contributed by atoms with van der Waals surface area (Å²) >= 11 is 0. The maximum atomic E-state index is 11.9. The molecule has 2 aromatic rings. The van der Waals surface area contributed by atoms with Gasteiger partial charge in [0.1, 0.15) is 6.26 Å². The van der Waals surface area contributed by atoms with Crippen molar-refractivity contribution >= 4 is 23.2 Å². The van der Waals surface area contributed by atoms with Gasteiger partial charge in [0.15, 0.2) is 0 Å². The second-order valence-corrected chi connectivity index (χ2v) is 5.29. The molecular weight excluding hydrogens is 306 g/mol. The number of hydrogen-bond donors (Lipinski definition) is 2. The Morgan fingerprint density at radius 1 is 1.08 bits per heavy atom. The molecule has 1 heterocycles. The van der Waals surface area contributed by atoms with Crippen LogP contribution in [0.15, 0.2) is 47.3 Å². The summed E-state index contributed by atoms with van der Waals surface area (Å²) in [7, 11) is 0.